The van der Waals surface area contributed by atoms with E-state index in [0.29, 0.717) is 6.41 Å². The van der Waals surface area contributed by atoms with Gasteiger partial charge in [0.25, 0.3) is 10.1 Å². The first kappa shape index (κ1) is 27.1. The summed E-state index contributed by atoms with van der Waals surface area (Å²) in [6, 6.07) is 6.12. The van der Waals surface area contributed by atoms with Gasteiger partial charge in [0.15, 0.2) is 5.54 Å². The molecule has 10 nitrogen and oxygen atoms in total. The van der Waals surface area contributed by atoms with Crippen molar-refractivity contribution in [3.63, 3.8) is 0 Å². The Bertz CT molecular complexity index is 1060. The second kappa shape index (κ2) is 9.87. The predicted octanol–water partition coefficient (Wildman–Crippen LogP) is 2.39. The molecule has 0 aromatic heterocycles. The Kier molecular flexibility index (Phi) is 7.64. The van der Waals surface area contributed by atoms with E-state index in [-0.39, 0.29) is 24.5 Å². The van der Waals surface area contributed by atoms with Gasteiger partial charge in [-0.1, -0.05) is 17.7 Å². The Morgan fingerprint density at radius 3 is 2.23 bits per heavy atom. The van der Waals surface area contributed by atoms with Crippen molar-refractivity contribution < 1.29 is 41.3 Å². The number of fused-ring (bicyclic) bond motifs is 1. The number of carbonyl (C=O) groups excluding carboxylic acids is 3. The van der Waals surface area contributed by atoms with Gasteiger partial charge in [0.05, 0.1) is 35.7 Å². The monoisotopic (exact) mass is 511 g/mol. The zero-order valence-corrected chi connectivity index (χ0v) is 21.7. The number of rotatable bonds is 10. The molecule has 0 heterocycles. The Balaban J connectivity index is 2.05. The summed E-state index contributed by atoms with van der Waals surface area (Å²) >= 11 is 0. The largest absolute Gasteiger partial charge is 0.466 e. The fourth-order valence-corrected chi connectivity index (χ4v) is 5.95. The maximum atomic E-state index is 13.4. The lowest BCUT2D eigenvalue weighted by Gasteiger charge is -2.40. The third kappa shape index (κ3) is 5.22. The number of hydrogen-bond acceptors (Lipinski definition) is 9. The summed E-state index contributed by atoms with van der Waals surface area (Å²) in [6.07, 6.45) is -0.954. The molecule has 0 bridgehead atoms. The third-order valence-corrected chi connectivity index (χ3v) is 7.53. The van der Waals surface area contributed by atoms with Crippen LogP contribution in [0.5, 0.6) is 0 Å². The first-order valence-corrected chi connectivity index (χ1v) is 13.0. The lowest BCUT2D eigenvalue weighted by molar-refractivity contribution is -0.262. The average molecular weight is 512 g/mol. The molecule has 1 amide bonds. The summed E-state index contributed by atoms with van der Waals surface area (Å²) in [5, 5.41) is 0.865. The molecule has 0 N–H and O–H groups in total. The van der Waals surface area contributed by atoms with E-state index in [2.05, 4.69) is 0 Å². The molecule has 1 aromatic carbocycles. The summed E-state index contributed by atoms with van der Waals surface area (Å²) in [6.45, 7) is 10.3. The Morgan fingerprint density at radius 2 is 1.71 bits per heavy atom. The highest BCUT2D eigenvalue weighted by Gasteiger charge is 2.79. The minimum Gasteiger partial charge on any atom is -0.466 e. The van der Waals surface area contributed by atoms with Gasteiger partial charge in [-0.25, -0.2) is 9.86 Å². The van der Waals surface area contributed by atoms with Gasteiger partial charge in [-0.05, 0) is 53.7 Å². The van der Waals surface area contributed by atoms with E-state index in [1.807, 2.05) is 6.92 Å². The fourth-order valence-electron chi connectivity index (χ4n) is 4.85. The molecule has 0 saturated heterocycles. The second-order valence-corrected chi connectivity index (χ2v) is 11.3. The van der Waals surface area contributed by atoms with Crippen molar-refractivity contribution in [1.82, 2.24) is 5.06 Å². The van der Waals surface area contributed by atoms with Crippen molar-refractivity contribution in [2.75, 3.05) is 13.2 Å². The van der Waals surface area contributed by atoms with E-state index in [0.717, 1.165) is 10.6 Å². The third-order valence-electron chi connectivity index (χ3n) is 6.18. The number of carbonyl (C=O) groups is 3. The van der Waals surface area contributed by atoms with Crippen molar-refractivity contribution >= 4 is 28.5 Å². The number of ether oxygens (including phenoxy) is 2. The first-order valence-electron chi connectivity index (χ1n) is 11.6. The van der Waals surface area contributed by atoms with E-state index in [1.165, 1.54) is 12.1 Å². The molecule has 2 aliphatic rings. The normalized spacial score (nSPS) is 27.6. The zero-order valence-electron chi connectivity index (χ0n) is 20.8. The molecule has 1 aromatic rings. The molecule has 0 radical (unpaired) electrons. The minimum absolute atomic E-state index is 0.0114. The van der Waals surface area contributed by atoms with Gasteiger partial charge < -0.3 is 9.47 Å². The SMILES string of the molecule is CCOC(=O)C1C2C(OS(=O)(=O)c3ccc(C)cc3)CC(C(=O)OCC)(N(C=O)OC(C)(C)C)C12. The summed E-state index contributed by atoms with van der Waals surface area (Å²) in [5.74, 6) is -3.75. The molecule has 2 saturated carbocycles. The van der Waals surface area contributed by atoms with Crippen LogP contribution < -0.4 is 0 Å². The van der Waals surface area contributed by atoms with Crippen LogP contribution in [0.4, 0.5) is 0 Å². The highest BCUT2D eigenvalue weighted by atomic mass is 32.2. The molecular formula is C24H33NO9S. The van der Waals surface area contributed by atoms with E-state index >= 15 is 0 Å². The van der Waals surface area contributed by atoms with E-state index in [4.69, 9.17) is 18.5 Å². The van der Waals surface area contributed by atoms with Gasteiger partial charge in [-0.15, -0.1) is 0 Å². The van der Waals surface area contributed by atoms with Crippen LogP contribution in [0.2, 0.25) is 0 Å². The lowest BCUT2D eigenvalue weighted by atomic mass is 9.89. The second-order valence-electron chi connectivity index (χ2n) is 9.77. The number of hydroxylamine groups is 2. The summed E-state index contributed by atoms with van der Waals surface area (Å²) in [4.78, 5) is 44.1. The number of hydrogen-bond donors (Lipinski definition) is 0. The minimum atomic E-state index is -4.24. The standard InChI is InChI=1S/C24H33NO9S/c1-7-31-21(27)19-18-17(33-35(29,30)16-11-9-15(3)10-12-16)13-24(20(18)19,22(28)32-8-2)25(14-26)34-23(4,5)6/h9-12,14,17-20H,7-8,13H2,1-6H3. The maximum absolute atomic E-state index is 13.4. The molecule has 11 heteroatoms. The molecule has 194 valence electrons. The zero-order chi connectivity index (χ0) is 26.2. The molecular weight excluding hydrogens is 478 g/mol. The van der Waals surface area contributed by atoms with Crippen LogP contribution in [0.15, 0.2) is 29.2 Å². The molecule has 3 rings (SSSR count). The number of esters is 2. The molecule has 2 aliphatic carbocycles. The highest BCUT2D eigenvalue weighted by Crippen LogP contribution is 2.66. The van der Waals surface area contributed by atoms with E-state index in [9.17, 15) is 22.8 Å². The fraction of sp³-hybridized carbons (Fsp3) is 0.625. The van der Waals surface area contributed by atoms with Crippen molar-refractivity contribution in [2.24, 2.45) is 17.8 Å². The summed E-state index contributed by atoms with van der Waals surface area (Å²) in [7, 11) is -4.24. The predicted molar refractivity (Wildman–Crippen MR) is 123 cm³/mol. The van der Waals surface area contributed by atoms with Crippen LogP contribution >= 0.6 is 0 Å². The van der Waals surface area contributed by atoms with Crippen LogP contribution in [0.25, 0.3) is 0 Å². The average Bonchev–Trinajstić information content (AvgIpc) is 3.43. The maximum Gasteiger partial charge on any atom is 0.335 e. The van der Waals surface area contributed by atoms with Crippen molar-refractivity contribution in [1.29, 1.82) is 0 Å². The van der Waals surface area contributed by atoms with Crippen molar-refractivity contribution in [3.05, 3.63) is 29.8 Å². The highest BCUT2D eigenvalue weighted by molar-refractivity contribution is 7.86. The Labute approximate surface area is 205 Å². The van der Waals surface area contributed by atoms with E-state index < -0.39 is 57.1 Å². The quantitative estimate of drug-likeness (QED) is 0.201. The molecule has 35 heavy (non-hydrogen) atoms. The van der Waals surface area contributed by atoms with E-state index in [1.54, 1.807) is 46.8 Å². The van der Waals surface area contributed by atoms with Crippen LogP contribution in [0.3, 0.4) is 0 Å². The van der Waals surface area contributed by atoms with Gasteiger partial charge in [-0.3, -0.25) is 18.6 Å². The van der Waals surface area contributed by atoms with Crippen LogP contribution in [-0.2, 0) is 43.0 Å². The lowest BCUT2D eigenvalue weighted by Crippen LogP contribution is -2.58. The Hall–Kier alpha value is -2.50. The smallest absolute Gasteiger partial charge is 0.335 e. The van der Waals surface area contributed by atoms with Gasteiger partial charge in [0, 0.05) is 18.3 Å². The van der Waals surface area contributed by atoms with Crippen LogP contribution in [-0.4, -0.2) is 62.3 Å². The first-order chi connectivity index (χ1) is 16.3. The van der Waals surface area contributed by atoms with Crippen LogP contribution in [0, 0.1) is 24.7 Å². The number of amides is 1. The van der Waals surface area contributed by atoms with Crippen molar-refractivity contribution in [3.8, 4) is 0 Å². The van der Waals surface area contributed by atoms with Crippen molar-refractivity contribution in [2.45, 2.75) is 70.1 Å². The molecule has 0 aliphatic heterocycles. The molecule has 0 spiro atoms. The van der Waals surface area contributed by atoms with Gasteiger partial charge in [-0.2, -0.15) is 8.42 Å². The molecule has 5 atom stereocenters. The molecule has 2 fully saturated rings. The van der Waals surface area contributed by atoms with Crippen LogP contribution in [0.1, 0.15) is 46.6 Å². The number of nitrogens with zero attached hydrogens (tertiary/aromatic N) is 1. The number of benzene rings is 1. The van der Waals surface area contributed by atoms with Gasteiger partial charge in [0.2, 0.25) is 6.41 Å². The van der Waals surface area contributed by atoms with Gasteiger partial charge in [0.1, 0.15) is 0 Å². The number of aryl methyl sites for hydroxylation is 1. The van der Waals surface area contributed by atoms with Gasteiger partial charge >= 0.3 is 11.9 Å². The summed E-state index contributed by atoms with van der Waals surface area (Å²) < 4.78 is 42.2. The topological polar surface area (TPSA) is 126 Å². The summed E-state index contributed by atoms with van der Waals surface area (Å²) in [5.41, 5.74) is -1.77. The molecule has 5 unspecified atom stereocenters. The Morgan fingerprint density at radius 1 is 1.11 bits per heavy atom.